The molecule has 0 bridgehead atoms. The number of carbonyl (C=O) groups excluding carboxylic acids is 3. The maximum Gasteiger partial charge on any atom is 0.308 e. The van der Waals surface area contributed by atoms with E-state index in [-0.39, 0.29) is 11.3 Å². The van der Waals surface area contributed by atoms with Crippen LogP contribution in [-0.4, -0.2) is 34.9 Å². The zero-order valence-corrected chi connectivity index (χ0v) is 22.2. The molecular weight excluding hydrogens is 516 g/mol. The minimum Gasteiger partial charge on any atom is -0.503 e. The summed E-state index contributed by atoms with van der Waals surface area (Å²) in [6.07, 6.45) is 0. The second-order valence-corrected chi connectivity index (χ2v) is 9.83. The van der Waals surface area contributed by atoms with E-state index in [2.05, 4.69) is 4.98 Å². The summed E-state index contributed by atoms with van der Waals surface area (Å²) in [6.45, 7) is 3.01. The second kappa shape index (κ2) is 10.5. The number of aryl methyl sites for hydroxylation is 1. The average molecular weight is 541 g/mol. The van der Waals surface area contributed by atoms with Crippen molar-refractivity contribution in [2.75, 3.05) is 12.0 Å². The van der Waals surface area contributed by atoms with E-state index < -0.39 is 29.5 Å². The van der Waals surface area contributed by atoms with Crippen molar-refractivity contribution in [3.8, 4) is 22.1 Å². The number of hydrogen-bond donors (Lipinski definition) is 1. The van der Waals surface area contributed by atoms with Gasteiger partial charge in [-0.05, 0) is 48.9 Å². The SMILES string of the molecule is COc1ccc(N2C(=O)C(O)=C(C(=O)c3sc(-c4ccccc4)nc3C)C2c2cccc(OC(C)=O)c2)cc1. The van der Waals surface area contributed by atoms with E-state index >= 15 is 0 Å². The van der Waals surface area contributed by atoms with Gasteiger partial charge in [-0.3, -0.25) is 19.3 Å². The molecule has 8 nitrogen and oxygen atoms in total. The summed E-state index contributed by atoms with van der Waals surface area (Å²) in [6, 6.07) is 21.7. The van der Waals surface area contributed by atoms with Gasteiger partial charge in [-0.2, -0.15) is 0 Å². The smallest absolute Gasteiger partial charge is 0.308 e. The van der Waals surface area contributed by atoms with E-state index in [0.29, 0.717) is 32.6 Å². The van der Waals surface area contributed by atoms with Gasteiger partial charge in [-0.15, -0.1) is 11.3 Å². The summed E-state index contributed by atoms with van der Waals surface area (Å²) in [5, 5.41) is 11.8. The molecular formula is C30H24N2O6S. The molecule has 0 saturated heterocycles. The van der Waals surface area contributed by atoms with Crippen LogP contribution in [-0.2, 0) is 9.59 Å². The van der Waals surface area contributed by atoms with Crippen LogP contribution >= 0.6 is 11.3 Å². The van der Waals surface area contributed by atoms with E-state index in [1.807, 2.05) is 30.3 Å². The average Bonchev–Trinajstić information content (AvgIpc) is 3.46. The predicted octanol–water partition coefficient (Wildman–Crippen LogP) is 5.84. The molecule has 0 fully saturated rings. The number of benzene rings is 3. The summed E-state index contributed by atoms with van der Waals surface area (Å²) >= 11 is 1.20. The van der Waals surface area contributed by atoms with Crippen molar-refractivity contribution in [3.05, 3.63) is 106 Å². The number of nitrogens with zero attached hydrogens (tertiary/aromatic N) is 2. The normalized spacial score (nSPS) is 15.0. The number of hydrogen-bond acceptors (Lipinski definition) is 8. The first kappa shape index (κ1) is 25.9. The lowest BCUT2D eigenvalue weighted by atomic mass is 9.94. The van der Waals surface area contributed by atoms with Crippen LogP contribution in [0.15, 0.2) is 90.2 Å². The van der Waals surface area contributed by atoms with E-state index in [4.69, 9.17) is 9.47 Å². The quantitative estimate of drug-likeness (QED) is 0.178. The number of amides is 1. The zero-order chi connectivity index (χ0) is 27.7. The minimum absolute atomic E-state index is 0.0813. The lowest BCUT2D eigenvalue weighted by Gasteiger charge is -2.27. The number of rotatable bonds is 7. The fraction of sp³-hybridized carbons (Fsp3) is 0.133. The number of carbonyl (C=O) groups is 3. The lowest BCUT2D eigenvalue weighted by molar-refractivity contribution is -0.131. The first-order valence-corrected chi connectivity index (χ1v) is 12.9. The van der Waals surface area contributed by atoms with Crippen LogP contribution in [0.3, 0.4) is 0 Å². The van der Waals surface area contributed by atoms with Crippen LogP contribution in [0, 0.1) is 6.92 Å². The van der Waals surface area contributed by atoms with Gasteiger partial charge in [0, 0.05) is 18.2 Å². The Balaban J connectivity index is 1.63. The standard InChI is InChI=1S/C30H24N2O6S/c1-17-28(39-29(31-17)19-8-5-4-6-9-19)26(34)24-25(20-10-7-11-23(16-20)38-18(2)33)32(30(36)27(24)35)21-12-14-22(37-3)15-13-21/h4-16,25,35H,1-3H3. The number of ether oxygens (including phenoxy) is 2. The van der Waals surface area contributed by atoms with Crippen LogP contribution < -0.4 is 14.4 Å². The first-order valence-electron chi connectivity index (χ1n) is 12.0. The molecule has 0 aliphatic carbocycles. The van der Waals surface area contributed by atoms with E-state index in [0.717, 1.165) is 5.56 Å². The third-order valence-electron chi connectivity index (χ3n) is 6.26. The van der Waals surface area contributed by atoms with Crippen LogP contribution in [0.2, 0.25) is 0 Å². The third-order valence-corrected chi connectivity index (χ3v) is 7.47. The van der Waals surface area contributed by atoms with Crippen molar-refractivity contribution in [3.63, 3.8) is 0 Å². The minimum atomic E-state index is -0.990. The summed E-state index contributed by atoms with van der Waals surface area (Å²) in [5.41, 5.74) is 2.20. The van der Waals surface area contributed by atoms with Gasteiger partial charge in [0.25, 0.3) is 5.91 Å². The van der Waals surface area contributed by atoms with Gasteiger partial charge in [0.05, 0.1) is 29.3 Å². The lowest BCUT2D eigenvalue weighted by Crippen LogP contribution is -2.31. The predicted molar refractivity (Wildman–Crippen MR) is 147 cm³/mol. The molecule has 1 amide bonds. The van der Waals surface area contributed by atoms with E-state index in [9.17, 15) is 19.5 Å². The van der Waals surface area contributed by atoms with Crippen LogP contribution in [0.1, 0.15) is 33.9 Å². The highest BCUT2D eigenvalue weighted by molar-refractivity contribution is 7.17. The van der Waals surface area contributed by atoms with Crippen molar-refractivity contribution in [2.24, 2.45) is 0 Å². The molecule has 1 atom stereocenters. The molecule has 1 N–H and O–H groups in total. The molecule has 1 aromatic heterocycles. The van der Waals surface area contributed by atoms with Gasteiger partial charge >= 0.3 is 5.97 Å². The molecule has 0 saturated carbocycles. The van der Waals surface area contributed by atoms with Crippen molar-refractivity contribution >= 4 is 34.7 Å². The van der Waals surface area contributed by atoms with Crippen LogP contribution in [0.25, 0.3) is 10.6 Å². The number of aliphatic hydroxyl groups excluding tert-OH is 1. The summed E-state index contributed by atoms with van der Waals surface area (Å²) in [5.74, 6) is -1.55. The van der Waals surface area contributed by atoms with Crippen molar-refractivity contribution < 1.29 is 29.0 Å². The second-order valence-electron chi connectivity index (χ2n) is 8.83. The molecule has 5 rings (SSSR count). The summed E-state index contributed by atoms with van der Waals surface area (Å²) in [4.78, 5) is 45.4. The number of esters is 1. The highest BCUT2D eigenvalue weighted by atomic mass is 32.1. The molecule has 9 heteroatoms. The number of ketones is 1. The third kappa shape index (κ3) is 4.92. The highest BCUT2D eigenvalue weighted by Gasteiger charge is 2.45. The van der Waals surface area contributed by atoms with E-state index in [1.54, 1.807) is 55.5 Å². The van der Waals surface area contributed by atoms with Gasteiger partial charge in [-0.1, -0.05) is 42.5 Å². The first-order chi connectivity index (χ1) is 18.8. The van der Waals surface area contributed by atoms with Crippen molar-refractivity contribution in [2.45, 2.75) is 19.9 Å². The van der Waals surface area contributed by atoms with Gasteiger partial charge in [0.1, 0.15) is 16.5 Å². The molecule has 196 valence electrons. The van der Waals surface area contributed by atoms with Crippen molar-refractivity contribution in [1.29, 1.82) is 0 Å². The molecule has 3 aromatic carbocycles. The fourth-order valence-corrected chi connectivity index (χ4v) is 5.54. The molecule has 0 radical (unpaired) electrons. The molecule has 4 aromatic rings. The largest absolute Gasteiger partial charge is 0.503 e. The zero-order valence-electron chi connectivity index (χ0n) is 21.4. The Morgan fingerprint density at radius 2 is 1.69 bits per heavy atom. The van der Waals surface area contributed by atoms with E-state index in [1.165, 1.54) is 30.3 Å². The monoisotopic (exact) mass is 540 g/mol. The Morgan fingerprint density at radius 1 is 0.974 bits per heavy atom. The maximum atomic E-state index is 14.1. The van der Waals surface area contributed by atoms with Crippen LogP contribution in [0.4, 0.5) is 5.69 Å². The van der Waals surface area contributed by atoms with Gasteiger partial charge < -0.3 is 14.6 Å². The molecule has 0 spiro atoms. The maximum absolute atomic E-state index is 14.1. The Morgan fingerprint density at radius 3 is 2.36 bits per heavy atom. The molecule has 1 unspecified atom stereocenters. The number of thiazole rings is 1. The van der Waals surface area contributed by atoms with Crippen molar-refractivity contribution in [1.82, 2.24) is 4.98 Å². The van der Waals surface area contributed by atoms with Gasteiger partial charge in [-0.25, -0.2) is 4.98 Å². The van der Waals surface area contributed by atoms with Crippen LogP contribution in [0.5, 0.6) is 11.5 Å². The molecule has 2 heterocycles. The Bertz CT molecular complexity index is 1610. The number of methoxy groups -OCH3 is 1. The summed E-state index contributed by atoms with van der Waals surface area (Å²) < 4.78 is 10.5. The fourth-order valence-electron chi connectivity index (χ4n) is 4.51. The summed E-state index contributed by atoms with van der Waals surface area (Å²) in [7, 11) is 1.53. The number of anilines is 1. The molecule has 1 aliphatic heterocycles. The Labute approximate surface area is 228 Å². The number of aliphatic hydroxyl groups is 1. The number of aromatic nitrogens is 1. The Kier molecular flexibility index (Phi) is 7.00. The number of Topliss-reactive ketones (excluding diaryl/α,β-unsaturated/α-hetero) is 1. The molecule has 39 heavy (non-hydrogen) atoms. The topological polar surface area (TPSA) is 106 Å². The Hall–Kier alpha value is -4.76. The van der Waals surface area contributed by atoms with Gasteiger partial charge in [0.2, 0.25) is 5.78 Å². The highest BCUT2D eigenvalue weighted by Crippen LogP contribution is 2.44. The molecule has 1 aliphatic rings. The van der Waals surface area contributed by atoms with Gasteiger partial charge in [0.15, 0.2) is 5.76 Å².